The number of hydrogen-bond donors (Lipinski definition) is 1. The van der Waals surface area contributed by atoms with Gasteiger partial charge in [-0.05, 0) is 48.5 Å². The molecule has 0 amide bonds. The lowest BCUT2D eigenvalue weighted by Gasteiger charge is -2.18. The van der Waals surface area contributed by atoms with Gasteiger partial charge in [0.15, 0.2) is 0 Å². The minimum absolute atomic E-state index is 0.489. The Bertz CT molecular complexity index is 315. The average Bonchev–Trinajstić information content (AvgIpc) is 2.84. The standard InChI is InChI=1S/C13H19N/c1-9-2-4-10(5-3-9)13-7-6-12(14)11(13)8-13/h2,4-5,9,11-12H,3,6-8,14H2,1H3. The van der Waals surface area contributed by atoms with Crippen molar-refractivity contribution in [2.45, 2.75) is 38.6 Å². The number of rotatable bonds is 1. The number of hydrogen-bond acceptors (Lipinski definition) is 1. The Hall–Kier alpha value is -0.560. The molecule has 0 bridgehead atoms. The normalized spacial score (nSPS) is 50.1. The maximum atomic E-state index is 6.09. The van der Waals surface area contributed by atoms with Crippen molar-refractivity contribution in [2.24, 2.45) is 23.0 Å². The average molecular weight is 189 g/mol. The van der Waals surface area contributed by atoms with Crippen LogP contribution >= 0.6 is 0 Å². The predicted molar refractivity (Wildman–Crippen MR) is 58.8 cm³/mol. The number of fused-ring (bicyclic) bond motifs is 1. The first-order valence-corrected chi connectivity index (χ1v) is 5.87. The maximum absolute atomic E-state index is 6.09. The monoisotopic (exact) mass is 189 g/mol. The van der Waals surface area contributed by atoms with E-state index in [9.17, 15) is 0 Å². The van der Waals surface area contributed by atoms with Gasteiger partial charge in [-0.1, -0.05) is 25.2 Å². The smallest absolute Gasteiger partial charge is 0.00763 e. The fourth-order valence-electron chi connectivity index (χ4n) is 3.38. The first kappa shape index (κ1) is 8.72. The fraction of sp³-hybridized carbons (Fsp3) is 0.692. The first-order valence-electron chi connectivity index (χ1n) is 5.87. The summed E-state index contributed by atoms with van der Waals surface area (Å²) in [6.45, 7) is 2.28. The molecule has 0 aromatic rings. The van der Waals surface area contributed by atoms with E-state index in [4.69, 9.17) is 5.73 Å². The summed E-state index contributed by atoms with van der Waals surface area (Å²) >= 11 is 0. The molecule has 3 aliphatic carbocycles. The van der Waals surface area contributed by atoms with E-state index in [1.165, 1.54) is 25.7 Å². The van der Waals surface area contributed by atoms with Gasteiger partial charge in [0.05, 0.1) is 0 Å². The van der Waals surface area contributed by atoms with Crippen molar-refractivity contribution in [2.75, 3.05) is 0 Å². The lowest BCUT2D eigenvalue weighted by molar-refractivity contribution is 0.577. The molecule has 2 saturated carbocycles. The van der Waals surface area contributed by atoms with Gasteiger partial charge in [-0.3, -0.25) is 0 Å². The minimum Gasteiger partial charge on any atom is -0.327 e. The third-order valence-corrected chi connectivity index (χ3v) is 4.46. The highest BCUT2D eigenvalue weighted by molar-refractivity contribution is 5.39. The predicted octanol–water partition coefficient (Wildman–Crippen LogP) is 2.64. The molecule has 0 saturated heterocycles. The van der Waals surface area contributed by atoms with Crippen molar-refractivity contribution in [1.82, 2.24) is 0 Å². The van der Waals surface area contributed by atoms with Crippen molar-refractivity contribution < 1.29 is 0 Å². The van der Waals surface area contributed by atoms with Crippen LogP contribution in [0.2, 0.25) is 0 Å². The van der Waals surface area contributed by atoms with Crippen LogP contribution in [-0.2, 0) is 0 Å². The van der Waals surface area contributed by atoms with E-state index in [0.717, 1.165) is 11.8 Å². The molecule has 3 rings (SSSR count). The topological polar surface area (TPSA) is 26.0 Å². The van der Waals surface area contributed by atoms with E-state index in [-0.39, 0.29) is 0 Å². The van der Waals surface area contributed by atoms with Crippen LogP contribution in [0.4, 0.5) is 0 Å². The molecular formula is C13H19N. The van der Waals surface area contributed by atoms with Crippen molar-refractivity contribution in [3.63, 3.8) is 0 Å². The quantitative estimate of drug-likeness (QED) is 0.674. The molecule has 4 atom stereocenters. The Kier molecular flexibility index (Phi) is 1.70. The van der Waals surface area contributed by atoms with E-state index in [0.29, 0.717) is 11.5 Å². The van der Waals surface area contributed by atoms with Crippen LogP contribution in [-0.4, -0.2) is 6.04 Å². The summed E-state index contributed by atoms with van der Waals surface area (Å²) in [5, 5.41) is 0. The Morgan fingerprint density at radius 1 is 1.50 bits per heavy atom. The molecule has 14 heavy (non-hydrogen) atoms. The number of nitrogens with two attached hydrogens (primary N) is 1. The third-order valence-electron chi connectivity index (χ3n) is 4.46. The van der Waals surface area contributed by atoms with E-state index in [1.807, 2.05) is 0 Å². The minimum atomic E-state index is 0.489. The van der Waals surface area contributed by atoms with Crippen LogP contribution in [0, 0.1) is 17.3 Å². The molecule has 3 aliphatic rings. The zero-order valence-corrected chi connectivity index (χ0v) is 8.87. The van der Waals surface area contributed by atoms with E-state index < -0.39 is 0 Å². The fourth-order valence-corrected chi connectivity index (χ4v) is 3.38. The van der Waals surface area contributed by atoms with Gasteiger partial charge in [-0.15, -0.1) is 0 Å². The van der Waals surface area contributed by atoms with Gasteiger partial charge in [0, 0.05) is 6.04 Å². The highest BCUT2D eigenvalue weighted by atomic mass is 14.8. The highest BCUT2D eigenvalue weighted by Crippen LogP contribution is 2.67. The molecular weight excluding hydrogens is 170 g/mol. The van der Waals surface area contributed by atoms with E-state index in [2.05, 4.69) is 25.2 Å². The second-order valence-electron chi connectivity index (χ2n) is 5.40. The van der Waals surface area contributed by atoms with Gasteiger partial charge in [-0.25, -0.2) is 0 Å². The summed E-state index contributed by atoms with van der Waals surface area (Å²) in [7, 11) is 0. The third kappa shape index (κ3) is 1.05. The largest absolute Gasteiger partial charge is 0.327 e. The van der Waals surface area contributed by atoms with E-state index in [1.54, 1.807) is 5.57 Å². The Morgan fingerprint density at radius 2 is 2.36 bits per heavy atom. The summed E-state index contributed by atoms with van der Waals surface area (Å²) in [6, 6.07) is 0.489. The maximum Gasteiger partial charge on any atom is 0.00763 e. The molecule has 76 valence electrons. The van der Waals surface area contributed by atoms with Crippen LogP contribution in [0.1, 0.15) is 32.6 Å². The summed E-state index contributed by atoms with van der Waals surface area (Å²) in [5.74, 6) is 1.55. The second-order valence-corrected chi connectivity index (χ2v) is 5.40. The van der Waals surface area contributed by atoms with Crippen LogP contribution in [0.5, 0.6) is 0 Å². The van der Waals surface area contributed by atoms with Gasteiger partial charge in [0.1, 0.15) is 0 Å². The van der Waals surface area contributed by atoms with Crippen LogP contribution in [0.25, 0.3) is 0 Å². The zero-order valence-electron chi connectivity index (χ0n) is 8.87. The second kappa shape index (κ2) is 2.73. The van der Waals surface area contributed by atoms with Crippen LogP contribution < -0.4 is 5.73 Å². The highest BCUT2D eigenvalue weighted by Gasteiger charge is 2.61. The van der Waals surface area contributed by atoms with Gasteiger partial charge < -0.3 is 5.73 Å². The molecule has 0 aromatic heterocycles. The summed E-state index contributed by atoms with van der Waals surface area (Å²) < 4.78 is 0. The lowest BCUT2D eigenvalue weighted by Crippen LogP contribution is -2.18. The molecule has 1 nitrogen and oxygen atoms in total. The molecule has 0 aliphatic heterocycles. The molecule has 2 N–H and O–H groups in total. The molecule has 1 heteroatoms. The molecule has 0 aromatic carbocycles. The molecule has 2 fully saturated rings. The molecule has 4 unspecified atom stereocenters. The SMILES string of the molecule is CC1C=CC(C23CCC(N)C2C3)=CC1. The Morgan fingerprint density at radius 3 is 2.86 bits per heavy atom. The van der Waals surface area contributed by atoms with E-state index >= 15 is 0 Å². The Balaban J connectivity index is 1.82. The Labute approximate surface area is 86.1 Å². The number of allylic oxidation sites excluding steroid dienone is 4. The van der Waals surface area contributed by atoms with Gasteiger partial charge in [-0.2, -0.15) is 0 Å². The zero-order chi connectivity index (χ0) is 9.76. The molecule has 0 heterocycles. The summed E-state index contributed by atoms with van der Waals surface area (Å²) in [5.41, 5.74) is 8.23. The lowest BCUT2D eigenvalue weighted by atomic mass is 9.86. The van der Waals surface area contributed by atoms with Crippen LogP contribution in [0.3, 0.4) is 0 Å². The van der Waals surface area contributed by atoms with Crippen molar-refractivity contribution >= 4 is 0 Å². The van der Waals surface area contributed by atoms with Crippen molar-refractivity contribution in [1.29, 1.82) is 0 Å². The molecule has 0 radical (unpaired) electrons. The summed E-state index contributed by atoms with van der Waals surface area (Å²) in [4.78, 5) is 0. The van der Waals surface area contributed by atoms with Gasteiger partial charge in [0.25, 0.3) is 0 Å². The van der Waals surface area contributed by atoms with Crippen molar-refractivity contribution in [3.8, 4) is 0 Å². The summed E-state index contributed by atoms with van der Waals surface area (Å²) in [6.07, 6.45) is 12.4. The van der Waals surface area contributed by atoms with Gasteiger partial charge in [0.2, 0.25) is 0 Å². The molecule has 0 spiro atoms. The van der Waals surface area contributed by atoms with Gasteiger partial charge >= 0.3 is 0 Å². The van der Waals surface area contributed by atoms with Crippen molar-refractivity contribution in [3.05, 3.63) is 23.8 Å². The van der Waals surface area contributed by atoms with Crippen LogP contribution in [0.15, 0.2) is 23.8 Å². The first-order chi connectivity index (χ1) is 6.72.